The molecule has 328 valence electrons. The van der Waals surface area contributed by atoms with Crippen molar-refractivity contribution in [2.75, 3.05) is 137 Å². The summed E-state index contributed by atoms with van der Waals surface area (Å²) >= 11 is 0. The Morgan fingerprint density at radius 3 is 1.49 bits per heavy atom. The van der Waals surface area contributed by atoms with Crippen molar-refractivity contribution in [1.82, 2.24) is 10.2 Å². The van der Waals surface area contributed by atoms with Crippen LogP contribution < -0.4 is 10.6 Å². The molecule has 0 aromatic heterocycles. The van der Waals surface area contributed by atoms with E-state index in [1.165, 1.54) is 12.1 Å². The highest BCUT2D eigenvalue weighted by Crippen LogP contribution is 2.32. The molecule has 1 unspecified atom stereocenters. The highest BCUT2D eigenvalue weighted by atomic mass is 32.2. The minimum Gasteiger partial charge on any atom is -0.382 e. The molecule has 0 bridgehead atoms. The van der Waals surface area contributed by atoms with Crippen LogP contribution in [-0.2, 0) is 66.5 Å². The predicted molar refractivity (Wildman–Crippen MR) is 209 cm³/mol. The van der Waals surface area contributed by atoms with Gasteiger partial charge < -0.3 is 47.9 Å². The maximum Gasteiger partial charge on any atom is 0.297 e. The largest absolute Gasteiger partial charge is 0.382 e. The van der Waals surface area contributed by atoms with E-state index in [0.29, 0.717) is 125 Å². The van der Waals surface area contributed by atoms with Gasteiger partial charge in [-0.1, -0.05) is 24.3 Å². The molecule has 19 nitrogen and oxygen atoms in total. The van der Waals surface area contributed by atoms with E-state index in [4.69, 9.17) is 46.8 Å². The number of nitrogens with zero attached hydrogens (tertiary/aromatic N) is 1. The number of amides is 4. The van der Waals surface area contributed by atoms with Gasteiger partial charge in [-0.15, -0.1) is 0 Å². The lowest BCUT2D eigenvalue weighted by molar-refractivity contribution is -0.136. The lowest BCUT2D eigenvalue weighted by Gasteiger charge is -2.27. The first-order chi connectivity index (χ1) is 28.8. The Morgan fingerprint density at radius 2 is 1.02 bits per heavy atom. The predicted octanol–water partition coefficient (Wildman–Crippen LogP) is 1.05. The molecular formula is C39H55N3O16S. The lowest BCUT2D eigenvalue weighted by atomic mass is 10.0. The van der Waals surface area contributed by atoms with Crippen LogP contribution in [0, 0.1) is 0 Å². The van der Waals surface area contributed by atoms with Crippen LogP contribution >= 0.6 is 0 Å². The van der Waals surface area contributed by atoms with Crippen LogP contribution in [0.3, 0.4) is 0 Å². The van der Waals surface area contributed by atoms with Crippen molar-refractivity contribution in [2.45, 2.75) is 23.8 Å². The Bertz CT molecular complexity index is 1680. The maximum atomic E-state index is 13.2. The van der Waals surface area contributed by atoms with E-state index in [1.807, 2.05) is 0 Å². The summed E-state index contributed by atoms with van der Waals surface area (Å²) in [5, 5.41) is 5.32. The van der Waals surface area contributed by atoms with E-state index in [1.54, 1.807) is 36.4 Å². The number of imide groups is 2. The van der Waals surface area contributed by atoms with E-state index in [2.05, 4.69) is 10.6 Å². The summed E-state index contributed by atoms with van der Waals surface area (Å²) in [6.45, 7) is 7.26. The van der Waals surface area contributed by atoms with Crippen LogP contribution in [0.1, 0.15) is 33.6 Å². The molecule has 0 radical (unpaired) electrons. The average molecular weight is 854 g/mol. The van der Waals surface area contributed by atoms with Crippen LogP contribution in [0.4, 0.5) is 5.69 Å². The van der Waals surface area contributed by atoms with Gasteiger partial charge in [0.25, 0.3) is 21.9 Å². The molecule has 4 amide bonds. The average Bonchev–Trinajstić information content (AvgIpc) is 3.49. The van der Waals surface area contributed by atoms with Crippen molar-refractivity contribution in [3.8, 4) is 0 Å². The van der Waals surface area contributed by atoms with E-state index in [9.17, 15) is 27.6 Å². The third kappa shape index (κ3) is 17.3. The summed E-state index contributed by atoms with van der Waals surface area (Å²) in [5.41, 5.74) is 0.883. The molecule has 4 rings (SSSR count). The van der Waals surface area contributed by atoms with Gasteiger partial charge in [-0.05, 0) is 30.7 Å². The van der Waals surface area contributed by atoms with Gasteiger partial charge in [-0.25, -0.2) is 0 Å². The molecule has 20 heteroatoms. The number of hydrogen-bond donors (Lipinski definition) is 2. The third-order valence-electron chi connectivity index (χ3n) is 8.50. The number of fused-ring (bicyclic) bond motifs is 1. The second-order valence-corrected chi connectivity index (χ2v) is 14.3. The fraction of sp³-hybridized carbons (Fsp3) is 0.590. The van der Waals surface area contributed by atoms with Crippen molar-refractivity contribution >= 4 is 39.4 Å². The highest BCUT2D eigenvalue weighted by molar-refractivity contribution is 7.86. The number of anilines is 1. The molecule has 0 saturated carbocycles. The molecule has 1 fully saturated rings. The Labute approximate surface area is 344 Å². The minimum atomic E-state index is -3.78. The summed E-state index contributed by atoms with van der Waals surface area (Å²) in [5.74, 6) is -2.19. The molecule has 1 saturated heterocycles. The number of piperidine rings is 1. The maximum absolute atomic E-state index is 13.2. The first-order valence-electron chi connectivity index (χ1n) is 19.5. The fourth-order valence-corrected chi connectivity index (χ4v) is 6.55. The molecule has 2 aliphatic rings. The second-order valence-electron chi connectivity index (χ2n) is 12.7. The quantitative estimate of drug-likeness (QED) is 0.0571. The van der Waals surface area contributed by atoms with Crippen LogP contribution in [0.25, 0.3) is 0 Å². The van der Waals surface area contributed by atoms with Crippen molar-refractivity contribution < 1.29 is 74.4 Å². The number of hydrogen-bond acceptors (Lipinski definition) is 17. The molecule has 2 N–H and O–H groups in total. The molecule has 2 aliphatic heterocycles. The fourth-order valence-electron chi connectivity index (χ4n) is 5.64. The zero-order chi connectivity index (χ0) is 42.0. The van der Waals surface area contributed by atoms with Crippen molar-refractivity contribution in [3.63, 3.8) is 0 Å². The number of rotatable bonds is 34. The van der Waals surface area contributed by atoms with Crippen LogP contribution in [-0.4, -0.2) is 175 Å². The zero-order valence-electron chi connectivity index (χ0n) is 33.1. The molecular weight excluding hydrogens is 799 g/mol. The van der Waals surface area contributed by atoms with Crippen molar-refractivity contribution in [3.05, 3.63) is 59.7 Å². The Balaban J connectivity index is 0.834. The molecule has 59 heavy (non-hydrogen) atoms. The zero-order valence-corrected chi connectivity index (χ0v) is 34.0. The SMILES string of the molecule is O=C1CCC(N2C(=O)c3cccc(NCCOCCOCCOCCOCCOCCOCCOCCOCCOCCOS(=O)(=O)c4ccccc4)c3C2=O)C(=O)N1. The van der Waals surface area contributed by atoms with E-state index >= 15 is 0 Å². The van der Waals surface area contributed by atoms with E-state index in [0.717, 1.165) is 4.90 Å². The number of benzene rings is 2. The highest BCUT2D eigenvalue weighted by Gasteiger charge is 2.45. The Kier molecular flexibility index (Phi) is 22.5. The van der Waals surface area contributed by atoms with Gasteiger partial charge in [-0.2, -0.15) is 8.42 Å². The standard InChI is InChI=1S/C39H55N3O16S/c43-35-10-9-34(37(44)41-35)42-38(45)32-7-4-8-33(36(32)39(42)46)40-11-12-49-13-14-50-15-16-51-17-18-52-19-20-53-21-22-54-23-24-55-25-26-56-27-28-57-29-30-58-59(47,48)31-5-2-1-3-6-31/h1-8,34,40H,9-30H2,(H,41,43,44). The summed E-state index contributed by atoms with van der Waals surface area (Å²) in [7, 11) is -3.78. The number of ether oxygens (including phenoxy) is 9. The van der Waals surface area contributed by atoms with Crippen molar-refractivity contribution in [1.29, 1.82) is 0 Å². The topological polar surface area (TPSA) is 222 Å². The summed E-state index contributed by atoms with van der Waals surface area (Å²) in [6, 6.07) is 11.8. The molecule has 2 heterocycles. The number of carbonyl (C=O) groups is 4. The van der Waals surface area contributed by atoms with Gasteiger partial charge in [0.2, 0.25) is 11.8 Å². The first kappa shape index (κ1) is 47.7. The number of nitrogens with one attached hydrogen (secondary N) is 2. The molecule has 0 aliphatic carbocycles. The smallest absolute Gasteiger partial charge is 0.297 e. The van der Waals surface area contributed by atoms with E-state index < -0.39 is 39.8 Å². The van der Waals surface area contributed by atoms with Gasteiger partial charge in [0.1, 0.15) is 6.04 Å². The minimum absolute atomic E-state index is 0.0592. The van der Waals surface area contributed by atoms with Gasteiger partial charge in [0.15, 0.2) is 0 Å². The lowest BCUT2D eigenvalue weighted by Crippen LogP contribution is -2.54. The van der Waals surface area contributed by atoms with Crippen LogP contribution in [0.5, 0.6) is 0 Å². The Morgan fingerprint density at radius 1 is 0.559 bits per heavy atom. The van der Waals surface area contributed by atoms with E-state index in [-0.39, 0.29) is 42.1 Å². The number of carbonyl (C=O) groups excluding carboxylic acids is 4. The van der Waals surface area contributed by atoms with Gasteiger partial charge in [0.05, 0.1) is 142 Å². The third-order valence-corrected chi connectivity index (χ3v) is 9.83. The molecule has 1 atom stereocenters. The van der Waals surface area contributed by atoms with Crippen LogP contribution in [0.15, 0.2) is 53.4 Å². The molecule has 2 aromatic rings. The summed E-state index contributed by atoms with van der Waals surface area (Å²) < 4.78 is 78.1. The summed E-state index contributed by atoms with van der Waals surface area (Å²) in [6.07, 6.45) is 0.156. The van der Waals surface area contributed by atoms with Crippen LogP contribution in [0.2, 0.25) is 0 Å². The normalized spacial score (nSPS) is 15.5. The first-order valence-corrected chi connectivity index (χ1v) is 20.9. The summed E-state index contributed by atoms with van der Waals surface area (Å²) in [4.78, 5) is 51.0. The monoisotopic (exact) mass is 853 g/mol. The Hall–Kier alpha value is -3.93. The molecule has 2 aromatic carbocycles. The van der Waals surface area contributed by atoms with Gasteiger partial charge in [-0.3, -0.25) is 33.6 Å². The van der Waals surface area contributed by atoms with Gasteiger partial charge >= 0.3 is 0 Å². The molecule has 0 spiro atoms. The van der Waals surface area contributed by atoms with Gasteiger partial charge in [0, 0.05) is 18.7 Å². The van der Waals surface area contributed by atoms with Crippen molar-refractivity contribution in [2.24, 2.45) is 0 Å². The second kappa shape index (κ2) is 27.8.